The molecule has 4 rings (SSSR count). The van der Waals surface area contributed by atoms with E-state index < -0.39 is 11.6 Å². The van der Waals surface area contributed by atoms with Crippen LogP contribution in [0, 0.1) is 6.92 Å². The van der Waals surface area contributed by atoms with Crippen molar-refractivity contribution in [3.8, 4) is 16.4 Å². The number of rotatable bonds is 3. The van der Waals surface area contributed by atoms with Gasteiger partial charge in [0.2, 0.25) is 0 Å². The molecule has 1 amide bonds. The van der Waals surface area contributed by atoms with E-state index in [0.29, 0.717) is 16.5 Å². The van der Waals surface area contributed by atoms with Crippen LogP contribution in [0.15, 0.2) is 40.5 Å². The lowest BCUT2D eigenvalue weighted by molar-refractivity contribution is 0.0997. The number of nitrogens with two attached hydrogens (primary N) is 1. The molecular weight excluding hydrogens is 374 g/mol. The molecule has 26 heavy (non-hydrogen) atoms. The van der Waals surface area contributed by atoms with Gasteiger partial charge in [0.1, 0.15) is 5.52 Å². The van der Waals surface area contributed by atoms with E-state index in [1.54, 1.807) is 24.3 Å². The van der Waals surface area contributed by atoms with Gasteiger partial charge in [-0.15, -0.1) is 11.3 Å². The Hall–Kier alpha value is -2.97. The number of nitrogens with one attached hydrogen (secondary N) is 1. The van der Waals surface area contributed by atoms with Crippen LogP contribution in [0.5, 0.6) is 0 Å². The zero-order chi connectivity index (χ0) is 18.4. The molecule has 4 aromatic rings. The molecule has 0 atom stereocenters. The van der Waals surface area contributed by atoms with Crippen LogP contribution in [0.4, 0.5) is 0 Å². The Balaban J connectivity index is 2.10. The highest BCUT2D eigenvalue weighted by Crippen LogP contribution is 2.28. The maximum absolute atomic E-state index is 12.5. The standard InChI is InChI=1S/C17H12ClN5O2S/c1-8-5-6-26-13(8)15-20-11(14(19)24)12-16(22-15)23(17(25)21-12)10-4-2-3-9(18)7-10/h2-7H,1H3,(H2,19,24)(H,21,25). The SMILES string of the molecule is Cc1ccsc1-c1nc(C(N)=O)c2[nH]c(=O)n(-c3cccc(Cl)c3)c2n1. The van der Waals surface area contributed by atoms with Crippen LogP contribution in [0.1, 0.15) is 16.1 Å². The predicted molar refractivity (Wildman–Crippen MR) is 101 cm³/mol. The number of imidazole rings is 1. The molecule has 0 saturated carbocycles. The number of hydrogen-bond donors (Lipinski definition) is 2. The third kappa shape index (κ3) is 2.59. The number of amides is 1. The van der Waals surface area contributed by atoms with Crippen molar-refractivity contribution in [1.29, 1.82) is 0 Å². The molecule has 0 aliphatic heterocycles. The number of H-pyrrole nitrogens is 1. The van der Waals surface area contributed by atoms with Gasteiger partial charge in [-0.25, -0.2) is 19.3 Å². The maximum atomic E-state index is 12.5. The van der Waals surface area contributed by atoms with E-state index >= 15 is 0 Å². The first-order valence-electron chi connectivity index (χ1n) is 7.58. The first-order chi connectivity index (χ1) is 12.5. The summed E-state index contributed by atoms with van der Waals surface area (Å²) in [5.41, 5.74) is 6.95. The first kappa shape index (κ1) is 16.5. The molecule has 7 nitrogen and oxygen atoms in total. The summed E-state index contributed by atoms with van der Waals surface area (Å²) < 4.78 is 1.35. The minimum atomic E-state index is -0.743. The Bertz CT molecular complexity index is 1220. The molecular formula is C17H12ClN5O2S. The number of nitrogens with zero attached hydrogens (tertiary/aromatic N) is 3. The number of primary amides is 1. The highest BCUT2D eigenvalue weighted by Gasteiger charge is 2.21. The van der Waals surface area contributed by atoms with Crippen molar-refractivity contribution in [2.45, 2.75) is 6.92 Å². The lowest BCUT2D eigenvalue weighted by Gasteiger charge is -2.06. The van der Waals surface area contributed by atoms with Crippen LogP contribution in [-0.4, -0.2) is 25.4 Å². The van der Waals surface area contributed by atoms with Crippen LogP contribution in [-0.2, 0) is 0 Å². The van der Waals surface area contributed by atoms with E-state index in [4.69, 9.17) is 17.3 Å². The molecule has 0 unspecified atom stereocenters. The number of thiophene rings is 1. The molecule has 130 valence electrons. The molecule has 9 heteroatoms. The maximum Gasteiger partial charge on any atom is 0.332 e. The summed E-state index contributed by atoms with van der Waals surface area (Å²) in [6.45, 7) is 1.92. The van der Waals surface area contributed by atoms with E-state index in [9.17, 15) is 9.59 Å². The Labute approximate surface area is 156 Å². The van der Waals surface area contributed by atoms with E-state index in [1.165, 1.54) is 15.9 Å². The highest BCUT2D eigenvalue weighted by atomic mass is 35.5. The van der Waals surface area contributed by atoms with Crippen molar-refractivity contribution < 1.29 is 4.79 Å². The summed E-state index contributed by atoms with van der Waals surface area (Å²) in [7, 11) is 0. The van der Waals surface area contributed by atoms with Crippen molar-refractivity contribution in [3.63, 3.8) is 0 Å². The van der Waals surface area contributed by atoms with Gasteiger partial charge in [0.15, 0.2) is 17.2 Å². The number of carbonyl (C=O) groups is 1. The molecule has 0 saturated heterocycles. The molecule has 3 heterocycles. The lowest BCUT2D eigenvalue weighted by atomic mass is 10.2. The smallest absolute Gasteiger partial charge is 0.332 e. The zero-order valence-corrected chi connectivity index (χ0v) is 15.1. The van der Waals surface area contributed by atoms with Crippen LogP contribution in [0.25, 0.3) is 27.6 Å². The molecule has 3 N–H and O–H groups in total. The minimum absolute atomic E-state index is 0.0318. The van der Waals surface area contributed by atoms with Gasteiger partial charge < -0.3 is 10.7 Å². The van der Waals surface area contributed by atoms with Gasteiger partial charge in [-0.2, -0.15) is 0 Å². The quantitative estimate of drug-likeness (QED) is 0.565. The predicted octanol–water partition coefficient (Wildman–Crippen LogP) is 2.90. The zero-order valence-electron chi connectivity index (χ0n) is 13.5. The number of aromatic amines is 1. The average Bonchev–Trinajstić information content (AvgIpc) is 3.16. The van der Waals surface area contributed by atoms with Crippen molar-refractivity contribution in [1.82, 2.24) is 19.5 Å². The Morgan fingerprint density at radius 3 is 2.77 bits per heavy atom. The molecule has 3 aromatic heterocycles. The third-order valence-electron chi connectivity index (χ3n) is 3.90. The Morgan fingerprint density at radius 2 is 2.12 bits per heavy atom. The van der Waals surface area contributed by atoms with Crippen LogP contribution >= 0.6 is 22.9 Å². The van der Waals surface area contributed by atoms with E-state index in [0.717, 1.165) is 10.4 Å². The average molecular weight is 386 g/mol. The van der Waals surface area contributed by atoms with Crippen molar-refractivity contribution in [2.24, 2.45) is 5.73 Å². The Kier molecular flexibility index (Phi) is 3.86. The Morgan fingerprint density at radius 1 is 1.31 bits per heavy atom. The number of carbonyl (C=O) groups excluding carboxylic acids is 1. The molecule has 0 fully saturated rings. The number of hydrogen-bond acceptors (Lipinski definition) is 5. The van der Waals surface area contributed by atoms with E-state index in [-0.39, 0.29) is 16.9 Å². The van der Waals surface area contributed by atoms with Crippen LogP contribution in [0.2, 0.25) is 5.02 Å². The second-order valence-electron chi connectivity index (χ2n) is 5.64. The fraction of sp³-hybridized carbons (Fsp3) is 0.0588. The third-order valence-corrected chi connectivity index (χ3v) is 5.15. The molecule has 0 bridgehead atoms. The van der Waals surface area contributed by atoms with Gasteiger partial charge in [-0.05, 0) is 42.1 Å². The van der Waals surface area contributed by atoms with Crippen LogP contribution < -0.4 is 11.4 Å². The van der Waals surface area contributed by atoms with E-state index in [1.807, 2.05) is 18.4 Å². The van der Waals surface area contributed by atoms with Gasteiger partial charge in [0.25, 0.3) is 5.91 Å². The molecule has 0 aliphatic rings. The monoisotopic (exact) mass is 385 g/mol. The van der Waals surface area contributed by atoms with Gasteiger partial charge >= 0.3 is 5.69 Å². The summed E-state index contributed by atoms with van der Waals surface area (Å²) in [6, 6.07) is 8.72. The number of halogens is 1. The topological polar surface area (TPSA) is 107 Å². The van der Waals surface area contributed by atoms with E-state index in [2.05, 4.69) is 15.0 Å². The summed E-state index contributed by atoms with van der Waals surface area (Å²) >= 11 is 7.50. The largest absolute Gasteiger partial charge is 0.364 e. The van der Waals surface area contributed by atoms with Crippen molar-refractivity contribution in [3.05, 3.63) is 62.5 Å². The summed E-state index contributed by atoms with van der Waals surface area (Å²) in [6.07, 6.45) is 0. The van der Waals surface area contributed by atoms with Gasteiger partial charge in [0, 0.05) is 5.02 Å². The highest BCUT2D eigenvalue weighted by molar-refractivity contribution is 7.13. The van der Waals surface area contributed by atoms with Crippen molar-refractivity contribution >= 4 is 40.0 Å². The molecule has 1 aromatic carbocycles. The van der Waals surface area contributed by atoms with Gasteiger partial charge in [-0.3, -0.25) is 4.79 Å². The summed E-state index contributed by atoms with van der Waals surface area (Å²) in [4.78, 5) is 36.7. The number of benzene rings is 1. The lowest BCUT2D eigenvalue weighted by Crippen LogP contribution is -2.15. The molecule has 0 spiro atoms. The second kappa shape index (κ2) is 6.08. The summed E-state index contributed by atoms with van der Waals surface area (Å²) in [5.74, 6) is -0.402. The second-order valence-corrected chi connectivity index (χ2v) is 6.99. The van der Waals surface area contributed by atoms with Crippen LogP contribution in [0.3, 0.4) is 0 Å². The number of fused-ring (bicyclic) bond motifs is 1. The van der Waals surface area contributed by atoms with Gasteiger partial charge in [0.05, 0.1) is 10.6 Å². The fourth-order valence-electron chi connectivity index (χ4n) is 2.72. The molecule has 0 aliphatic carbocycles. The molecule has 0 radical (unpaired) electrons. The first-order valence-corrected chi connectivity index (χ1v) is 8.84. The normalized spacial score (nSPS) is 11.2. The fourth-order valence-corrected chi connectivity index (χ4v) is 3.76. The number of aryl methyl sites for hydroxylation is 1. The minimum Gasteiger partial charge on any atom is -0.364 e. The number of aromatic nitrogens is 4. The van der Waals surface area contributed by atoms with Gasteiger partial charge in [-0.1, -0.05) is 17.7 Å². The summed E-state index contributed by atoms with van der Waals surface area (Å²) in [5, 5.41) is 2.38. The van der Waals surface area contributed by atoms with Crippen molar-refractivity contribution in [2.75, 3.05) is 0 Å².